The highest BCUT2D eigenvalue weighted by molar-refractivity contribution is 5.66. The Morgan fingerprint density at radius 1 is 1.40 bits per heavy atom. The summed E-state index contributed by atoms with van der Waals surface area (Å²) in [5.41, 5.74) is 0.493. The molecule has 0 unspecified atom stereocenters. The number of hydrogen-bond acceptors (Lipinski definition) is 2. The van der Waals surface area contributed by atoms with Crippen LogP contribution in [-0.2, 0) is 16.1 Å². The van der Waals surface area contributed by atoms with Crippen LogP contribution in [0, 0.1) is 5.82 Å². The molecule has 0 fully saturated rings. The van der Waals surface area contributed by atoms with Crippen LogP contribution >= 0.6 is 0 Å². The number of rotatable bonds is 6. The van der Waals surface area contributed by atoms with Crippen LogP contribution in [0.2, 0.25) is 0 Å². The van der Waals surface area contributed by atoms with Crippen LogP contribution in [0.25, 0.3) is 0 Å². The maximum atomic E-state index is 13.1. The summed E-state index contributed by atoms with van der Waals surface area (Å²) >= 11 is 0. The SMILES string of the molecule is O=C(O)CCCOCc1ccccc1F. The van der Waals surface area contributed by atoms with Gasteiger partial charge in [0.15, 0.2) is 0 Å². The highest BCUT2D eigenvalue weighted by atomic mass is 19.1. The van der Waals surface area contributed by atoms with Crippen molar-refractivity contribution in [2.24, 2.45) is 0 Å². The standard InChI is InChI=1S/C11H13FO3/c12-10-5-2-1-4-9(10)8-15-7-3-6-11(13)14/h1-2,4-5H,3,6-8H2,(H,13,14). The van der Waals surface area contributed by atoms with Crippen molar-refractivity contribution in [2.75, 3.05) is 6.61 Å². The van der Waals surface area contributed by atoms with Crippen molar-refractivity contribution in [1.82, 2.24) is 0 Å². The van der Waals surface area contributed by atoms with E-state index in [9.17, 15) is 9.18 Å². The molecular formula is C11H13FO3. The predicted molar refractivity (Wildman–Crippen MR) is 52.9 cm³/mol. The number of carboxylic acids is 1. The summed E-state index contributed by atoms with van der Waals surface area (Å²) in [6.07, 6.45) is 0.529. The van der Waals surface area contributed by atoms with E-state index in [1.165, 1.54) is 6.07 Å². The van der Waals surface area contributed by atoms with Crippen molar-refractivity contribution in [3.05, 3.63) is 35.6 Å². The van der Waals surface area contributed by atoms with Gasteiger partial charge in [-0.25, -0.2) is 4.39 Å². The van der Waals surface area contributed by atoms with Crippen LogP contribution in [0.3, 0.4) is 0 Å². The Morgan fingerprint density at radius 2 is 2.13 bits per heavy atom. The minimum atomic E-state index is -0.843. The molecule has 1 aromatic rings. The number of halogens is 1. The fraction of sp³-hybridized carbons (Fsp3) is 0.364. The summed E-state index contributed by atoms with van der Waals surface area (Å²) in [5, 5.41) is 8.36. The molecule has 0 aliphatic carbocycles. The van der Waals surface area contributed by atoms with Crippen LogP contribution in [0.1, 0.15) is 18.4 Å². The molecule has 0 saturated carbocycles. The van der Waals surface area contributed by atoms with E-state index in [1.54, 1.807) is 18.2 Å². The van der Waals surface area contributed by atoms with E-state index in [1.807, 2.05) is 0 Å². The smallest absolute Gasteiger partial charge is 0.303 e. The molecule has 1 aromatic carbocycles. The molecule has 1 rings (SSSR count). The quantitative estimate of drug-likeness (QED) is 0.735. The van der Waals surface area contributed by atoms with Crippen molar-refractivity contribution >= 4 is 5.97 Å². The average molecular weight is 212 g/mol. The van der Waals surface area contributed by atoms with Crippen molar-refractivity contribution in [2.45, 2.75) is 19.4 Å². The Kier molecular flexibility index (Phi) is 4.77. The van der Waals surface area contributed by atoms with Crippen LogP contribution in [0.4, 0.5) is 4.39 Å². The van der Waals surface area contributed by atoms with Gasteiger partial charge in [0.2, 0.25) is 0 Å². The van der Waals surface area contributed by atoms with E-state index in [4.69, 9.17) is 9.84 Å². The Bertz CT molecular complexity index is 325. The summed E-state index contributed by atoms with van der Waals surface area (Å²) in [5.74, 6) is -1.14. The first-order chi connectivity index (χ1) is 7.20. The number of benzene rings is 1. The van der Waals surface area contributed by atoms with Gasteiger partial charge in [-0.1, -0.05) is 18.2 Å². The molecule has 0 aliphatic rings. The largest absolute Gasteiger partial charge is 0.481 e. The van der Waals surface area contributed by atoms with E-state index >= 15 is 0 Å². The lowest BCUT2D eigenvalue weighted by Gasteiger charge is -2.04. The second-order valence-corrected chi connectivity index (χ2v) is 3.14. The van der Waals surface area contributed by atoms with E-state index in [2.05, 4.69) is 0 Å². The Morgan fingerprint density at radius 3 is 2.80 bits per heavy atom. The minimum Gasteiger partial charge on any atom is -0.481 e. The number of carbonyl (C=O) groups is 1. The highest BCUT2D eigenvalue weighted by Gasteiger charge is 2.01. The molecule has 0 amide bonds. The molecule has 82 valence electrons. The van der Waals surface area contributed by atoms with Crippen molar-refractivity contribution in [3.8, 4) is 0 Å². The molecule has 4 heteroatoms. The van der Waals surface area contributed by atoms with Gasteiger partial charge in [0.05, 0.1) is 6.61 Å². The van der Waals surface area contributed by atoms with Crippen LogP contribution < -0.4 is 0 Å². The zero-order valence-corrected chi connectivity index (χ0v) is 8.28. The van der Waals surface area contributed by atoms with Crippen LogP contribution in [0.15, 0.2) is 24.3 Å². The lowest BCUT2D eigenvalue weighted by molar-refractivity contribution is -0.137. The topological polar surface area (TPSA) is 46.5 Å². The number of hydrogen-bond donors (Lipinski definition) is 1. The fourth-order valence-electron chi connectivity index (χ4n) is 1.12. The Labute approximate surface area is 87.5 Å². The first-order valence-electron chi connectivity index (χ1n) is 4.73. The molecule has 0 aromatic heterocycles. The molecule has 1 N–H and O–H groups in total. The molecule has 3 nitrogen and oxygen atoms in total. The van der Waals surface area contributed by atoms with Gasteiger partial charge in [0.25, 0.3) is 0 Å². The molecule has 0 radical (unpaired) electrons. The molecular weight excluding hydrogens is 199 g/mol. The Balaban J connectivity index is 2.21. The molecule has 0 atom stereocenters. The van der Waals surface area contributed by atoms with Gasteiger partial charge in [0, 0.05) is 18.6 Å². The normalized spacial score (nSPS) is 10.2. The molecule has 0 spiro atoms. The van der Waals surface area contributed by atoms with Crippen molar-refractivity contribution in [1.29, 1.82) is 0 Å². The van der Waals surface area contributed by atoms with Crippen LogP contribution in [-0.4, -0.2) is 17.7 Å². The zero-order chi connectivity index (χ0) is 11.1. The summed E-state index contributed by atoms with van der Waals surface area (Å²) in [4.78, 5) is 10.2. The van der Waals surface area contributed by atoms with Gasteiger partial charge in [-0.3, -0.25) is 4.79 Å². The van der Waals surface area contributed by atoms with E-state index < -0.39 is 5.97 Å². The summed E-state index contributed by atoms with van der Waals surface area (Å²) < 4.78 is 18.2. The third-order valence-electron chi connectivity index (χ3n) is 1.89. The molecule has 0 bridgehead atoms. The molecule has 0 saturated heterocycles. The summed E-state index contributed by atoms with van der Waals surface area (Å²) in [7, 11) is 0. The van der Waals surface area contributed by atoms with Crippen molar-refractivity contribution in [3.63, 3.8) is 0 Å². The minimum absolute atomic E-state index is 0.0806. The zero-order valence-electron chi connectivity index (χ0n) is 8.28. The fourth-order valence-corrected chi connectivity index (χ4v) is 1.12. The van der Waals surface area contributed by atoms with E-state index in [0.29, 0.717) is 18.6 Å². The number of ether oxygens (including phenoxy) is 1. The van der Waals surface area contributed by atoms with Crippen LogP contribution in [0.5, 0.6) is 0 Å². The van der Waals surface area contributed by atoms with Gasteiger partial charge in [-0.2, -0.15) is 0 Å². The molecule has 15 heavy (non-hydrogen) atoms. The maximum Gasteiger partial charge on any atom is 0.303 e. The number of aliphatic carboxylic acids is 1. The van der Waals surface area contributed by atoms with Gasteiger partial charge in [0.1, 0.15) is 5.82 Å². The van der Waals surface area contributed by atoms with Gasteiger partial charge >= 0.3 is 5.97 Å². The lowest BCUT2D eigenvalue weighted by Crippen LogP contribution is -2.01. The molecule has 0 aliphatic heterocycles. The second kappa shape index (κ2) is 6.14. The third kappa shape index (κ3) is 4.56. The van der Waals surface area contributed by atoms with E-state index in [-0.39, 0.29) is 18.8 Å². The Hall–Kier alpha value is -1.42. The predicted octanol–water partition coefficient (Wildman–Crippen LogP) is 2.21. The van der Waals surface area contributed by atoms with Gasteiger partial charge in [-0.05, 0) is 12.5 Å². The lowest BCUT2D eigenvalue weighted by atomic mass is 10.2. The van der Waals surface area contributed by atoms with Crippen molar-refractivity contribution < 1.29 is 19.0 Å². The first kappa shape index (κ1) is 11.7. The second-order valence-electron chi connectivity index (χ2n) is 3.14. The average Bonchev–Trinajstić information content (AvgIpc) is 2.20. The monoisotopic (exact) mass is 212 g/mol. The first-order valence-corrected chi connectivity index (χ1v) is 4.73. The summed E-state index contributed by atoms with van der Waals surface area (Å²) in [6.45, 7) is 0.521. The van der Waals surface area contributed by atoms with Gasteiger partial charge < -0.3 is 9.84 Å². The summed E-state index contributed by atoms with van der Waals surface area (Å²) in [6, 6.07) is 6.37. The maximum absolute atomic E-state index is 13.1. The third-order valence-corrected chi connectivity index (χ3v) is 1.89. The number of carboxylic acid groups (broad SMARTS) is 1. The van der Waals surface area contributed by atoms with Gasteiger partial charge in [-0.15, -0.1) is 0 Å². The van der Waals surface area contributed by atoms with E-state index in [0.717, 1.165) is 0 Å². The highest BCUT2D eigenvalue weighted by Crippen LogP contribution is 2.07. The molecule has 0 heterocycles.